The number of hydrogen-bond donors (Lipinski definition) is 1. The van der Waals surface area contributed by atoms with Crippen LogP contribution in [0.3, 0.4) is 0 Å². The third-order valence-electron chi connectivity index (χ3n) is 3.11. The summed E-state index contributed by atoms with van der Waals surface area (Å²) in [6, 6.07) is 7.06. The van der Waals surface area contributed by atoms with Crippen molar-refractivity contribution in [3.05, 3.63) is 29.8 Å². The van der Waals surface area contributed by atoms with Crippen molar-refractivity contribution in [2.75, 3.05) is 0 Å². The molecule has 0 aromatic heterocycles. The lowest BCUT2D eigenvalue weighted by molar-refractivity contribution is 0.563. The van der Waals surface area contributed by atoms with Gasteiger partial charge in [-0.2, -0.15) is 0 Å². The molecule has 0 aliphatic rings. The second-order valence-electron chi connectivity index (χ2n) is 5.29. The van der Waals surface area contributed by atoms with Crippen molar-refractivity contribution in [2.24, 2.45) is 5.73 Å². The molecule has 0 aliphatic carbocycles. The summed E-state index contributed by atoms with van der Waals surface area (Å²) < 4.78 is 24.6. The van der Waals surface area contributed by atoms with Gasteiger partial charge < -0.3 is 5.73 Å². The van der Waals surface area contributed by atoms with E-state index < -0.39 is 15.1 Å². The van der Waals surface area contributed by atoms with E-state index in [4.69, 9.17) is 5.73 Å². The first kappa shape index (κ1) is 15.2. The molecule has 2 N–H and O–H groups in total. The van der Waals surface area contributed by atoms with Crippen LogP contribution < -0.4 is 5.73 Å². The van der Waals surface area contributed by atoms with Gasteiger partial charge in [-0.15, -0.1) is 0 Å². The van der Waals surface area contributed by atoms with E-state index in [1.807, 2.05) is 19.1 Å². The summed E-state index contributed by atoms with van der Waals surface area (Å²) in [6.45, 7) is 7.72. The molecular weight excluding hydrogens is 246 g/mol. The maximum Gasteiger partial charge on any atom is 0.181 e. The number of sulfone groups is 1. The Hall–Kier alpha value is -0.870. The zero-order valence-electron chi connectivity index (χ0n) is 11.6. The molecule has 0 amide bonds. The summed E-state index contributed by atoms with van der Waals surface area (Å²) in [6.07, 6.45) is 0.480. The van der Waals surface area contributed by atoms with E-state index in [-0.39, 0.29) is 6.04 Å². The van der Waals surface area contributed by atoms with Gasteiger partial charge in [-0.05, 0) is 43.9 Å². The Morgan fingerprint density at radius 3 is 1.94 bits per heavy atom. The van der Waals surface area contributed by atoms with Gasteiger partial charge in [0.25, 0.3) is 0 Å². The van der Waals surface area contributed by atoms with Crippen LogP contribution in [-0.2, 0) is 9.84 Å². The highest BCUT2D eigenvalue weighted by atomic mass is 32.2. The SMILES string of the molecule is CC(N)CC(C)S(=O)(=O)c1ccc(C(C)C)cc1. The summed E-state index contributed by atoms with van der Waals surface area (Å²) in [5, 5.41) is -0.442. The Morgan fingerprint density at radius 2 is 1.56 bits per heavy atom. The van der Waals surface area contributed by atoms with E-state index in [0.717, 1.165) is 5.56 Å². The minimum Gasteiger partial charge on any atom is -0.328 e. The van der Waals surface area contributed by atoms with E-state index in [9.17, 15) is 8.42 Å². The number of nitrogens with two attached hydrogens (primary N) is 1. The molecule has 0 fully saturated rings. The van der Waals surface area contributed by atoms with E-state index in [2.05, 4.69) is 13.8 Å². The minimum atomic E-state index is -3.26. The summed E-state index contributed by atoms with van der Waals surface area (Å²) >= 11 is 0. The molecule has 2 unspecified atom stereocenters. The van der Waals surface area contributed by atoms with Crippen LogP contribution in [0.25, 0.3) is 0 Å². The number of benzene rings is 1. The molecule has 102 valence electrons. The molecule has 0 spiro atoms. The summed E-state index contributed by atoms with van der Waals surface area (Å²) in [7, 11) is -3.26. The Bertz CT molecular complexity index is 475. The van der Waals surface area contributed by atoms with Gasteiger partial charge >= 0.3 is 0 Å². The fraction of sp³-hybridized carbons (Fsp3) is 0.571. The maximum atomic E-state index is 12.3. The zero-order chi connectivity index (χ0) is 13.9. The van der Waals surface area contributed by atoms with Crippen molar-refractivity contribution >= 4 is 9.84 Å². The van der Waals surface area contributed by atoms with Crippen molar-refractivity contribution in [3.63, 3.8) is 0 Å². The Labute approximate surface area is 110 Å². The molecule has 4 heteroatoms. The number of rotatable bonds is 5. The van der Waals surface area contributed by atoms with E-state index >= 15 is 0 Å². The smallest absolute Gasteiger partial charge is 0.181 e. The average molecular weight is 269 g/mol. The van der Waals surface area contributed by atoms with Crippen molar-refractivity contribution < 1.29 is 8.42 Å². The maximum absolute atomic E-state index is 12.3. The molecule has 18 heavy (non-hydrogen) atoms. The molecule has 1 rings (SSSR count). The van der Waals surface area contributed by atoms with E-state index in [0.29, 0.717) is 17.2 Å². The van der Waals surface area contributed by atoms with Gasteiger partial charge in [-0.3, -0.25) is 0 Å². The van der Waals surface area contributed by atoms with Crippen molar-refractivity contribution in [1.29, 1.82) is 0 Å². The minimum absolute atomic E-state index is 0.107. The predicted octanol–water partition coefficient (Wildman–Crippen LogP) is 2.71. The first-order chi connectivity index (χ1) is 8.25. The average Bonchev–Trinajstić information content (AvgIpc) is 2.28. The third-order valence-corrected chi connectivity index (χ3v) is 5.29. The molecule has 0 aliphatic heterocycles. The Kier molecular flexibility index (Phi) is 4.93. The number of hydrogen-bond acceptors (Lipinski definition) is 3. The molecule has 2 atom stereocenters. The first-order valence-electron chi connectivity index (χ1n) is 6.34. The van der Waals surface area contributed by atoms with Crippen LogP contribution in [0.2, 0.25) is 0 Å². The Morgan fingerprint density at radius 1 is 1.06 bits per heavy atom. The van der Waals surface area contributed by atoms with Crippen LogP contribution in [0.5, 0.6) is 0 Å². The van der Waals surface area contributed by atoms with Gasteiger partial charge in [0.1, 0.15) is 0 Å². The highest BCUT2D eigenvalue weighted by Crippen LogP contribution is 2.22. The fourth-order valence-corrected chi connectivity index (χ4v) is 3.46. The molecule has 0 heterocycles. The van der Waals surface area contributed by atoms with Gasteiger partial charge in [0.15, 0.2) is 9.84 Å². The van der Waals surface area contributed by atoms with Crippen molar-refractivity contribution in [2.45, 2.75) is 56.2 Å². The van der Waals surface area contributed by atoms with Crippen LogP contribution in [0.1, 0.15) is 45.6 Å². The van der Waals surface area contributed by atoms with Crippen LogP contribution in [0.15, 0.2) is 29.2 Å². The van der Waals surface area contributed by atoms with Gasteiger partial charge in [0.2, 0.25) is 0 Å². The molecule has 1 aromatic carbocycles. The highest BCUT2D eigenvalue weighted by molar-refractivity contribution is 7.92. The van der Waals surface area contributed by atoms with Crippen LogP contribution in [-0.4, -0.2) is 19.7 Å². The lowest BCUT2D eigenvalue weighted by atomic mass is 10.0. The molecule has 0 saturated carbocycles. The quantitative estimate of drug-likeness (QED) is 0.894. The molecule has 3 nitrogen and oxygen atoms in total. The Balaban J connectivity index is 2.98. The van der Waals surface area contributed by atoms with Crippen LogP contribution in [0.4, 0.5) is 0 Å². The van der Waals surface area contributed by atoms with Crippen molar-refractivity contribution in [3.8, 4) is 0 Å². The predicted molar refractivity (Wildman–Crippen MR) is 75.4 cm³/mol. The molecule has 1 aromatic rings. The second kappa shape index (κ2) is 5.85. The third kappa shape index (κ3) is 3.56. The highest BCUT2D eigenvalue weighted by Gasteiger charge is 2.24. The van der Waals surface area contributed by atoms with Crippen molar-refractivity contribution in [1.82, 2.24) is 0 Å². The van der Waals surface area contributed by atoms with Crippen LogP contribution >= 0.6 is 0 Å². The summed E-state index contributed by atoms with van der Waals surface area (Å²) in [5.41, 5.74) is 6.81. The normalized spacial score (nSPS) is 15.7. The van der Waals surface area contributed by atoms with E-state index in [1.165, 1.54) is 0 Å². The van der Waals surface area contributed by atoms with Gasteiger partial charge in [0.05, 0.1) is 10.1 Å². The molecular formula is C14H23NO2S. The van der Waals surface area contributed by atoms with Gasteiger partial charge in [-0.25, -0.2) is 8.42 Å². The van der Waals surface area contributed by atoms with Crippen LogP contribution in [0, 0.1) is 0 Å². The van der Waals surface area contributed by atoms with Gasteiger partial charge in [-0.1, -0.05) is 26.0 Å². The zero-order valence-corrected chi connectivity index (χ0v) is 12.4. The second-order valence-corrected chi connectivity index (χ2v) is 7.66. The lowest BCUT2D eigenvalue weighted by Gasteiger charge is -2.15. The fourth-order valence-electron chi connectivity index (χ4n) is 1.92. The van der Waals surface area contributed by atoms with Gasteiger partial charge in [0, 0.05) is 6.04 Å². The monoisotopic (exact) mass is 269 g/mol. The summed E-state index contributed by atoms with van der Waals surface area (Å²) in [4.78, 5) is 0.389. The molecule has 0 bridgehead atoms. The lowest BCUT2D eigenvalue weighted by Crippen LogP contribution is -2.27. The molecule has 0 saturated heterocycles. The topological polar surface area (TPSA) is 60.2 Å². The standard InChI is InChI=1S/C14H23NO2S/c1-10(2)13-5-7-14(8-6-13)18(16,17)12(4)9-11(3)15/h5-8,10-12H,9,15H2,1-4H3. The van der Waals surface area contributed by atoms with E-state index in [1.54, 1.807) is 19.1 Å². The largest absolute Gasteiger partial charge is 0.328 e. The summed E-state index contributed by atoms with van der Waals surface area (Å²) in [5.74, 6) is 0.406. The molecule has 0 radical (unpaired) electrons. The first-order valence-corrected chi connectivity index (χ1v) is 7.89.